The Labute approximate surface area is 210 Å². The number of halogens is 2. The van der Waals surface area contributed by atoms with E-state index < -0.39 is 21.5 Å². The summed E-state index contributed by atoms with van der Waals surface area (Å²) in [6, 6.07) is 11.9. The molecule has 5 rings (SSSR count). The van der Waals surface area contributed by atoms with Crippen LogP contribution in [-0.4, -0.2) is 32.0 Å². The van der Waals surface area contributed by atoms with Crippen molar-refractivity contribution in [1.82, 2.24) is 4.98 Å². The van der Waals surface area contributed by atoms with Gasteiger partial charge in [0.15, 0.2) is 0 Å². The number of hydrogen-bond acceptors (Lipinski definition) is 5. The van der Waals surface area contributed by atoms with Crippen LogP contribution < -0.4 is 9.47 Å². The van der Waals surface area contributed by atoms with Crippen molar-refractivity contribution in [3.8, 4) is 22.8 Å². The van der Waals surface area contributed by atoms with Crippen LogP contribution >= 0.6 is 0 Å². The van der Waals surface area contributed by atoms with Gasteiger partial charge in [-0.05, 0) is 79.0 Å². The molecule has 1 aromatic heterocycles. The summed E-state index contributed by atoms with van der Waals surface area (Å²) in [6.45, 7) is 3.98. The molecule has 3 aromatic rings. The normalized spacial score (nSPS) is 20.1. The third-order valence-corrected chi connectivity index (χ3v) is 8.35. The van der Waals surface area contributed by atoms with Crippen molar-refractivity contribution in [3.63, 3.8) is 0 Å². The summed E-state index contributed by atoms with van der Waals surface area (Å²) >= 11 is 0. The second kappa shape index (κ2) is 9.47. The molecule has 1 heterocycles. The van der Waals surface area contributed by atoms with E-state index in [1.165, 1.54) is 29.5 Å². The van der Waals surface area contributed by atoms with Crippen LogP contribution in [0.2, 0.25) is 0 Å². The standard InChI is InChI=1S/C28H29F2NO4S/c1-16-23-14-18-13-19(5-6-21(18)27(16)23)35-15-24-25(29)9-7-22(28(24)30)20-8-10-26(31-17(20)2)34-11-4-12-36(3,32)33/h5-10,13,16,23,27H,4,11-12,14-15H2,1-3H3/t16-,23-,27-/m0/s1. The lowest BCUT2D eigenvalue weighted by molar-refractivity contribution is 0.292. The topological polar surface area (TPSA) is 65.5 Å². The van der Waals surface area contributed by atoms with Gasteiger partial charge >= 0.3 is 0 Å². The fraction of sp³-hybridized carbons (Fsp3) is 0.393. The summed E-state index contributed by atoms with van der Waals surface area (Å²) in [6.07, 6.45) is 2.57. The van der Waals surface area contributed by atoms with Crippen molar-refractivity contribution in [2.75, 3.05) is 18.6 Å². The summed E-state index contributed by atoms with van der Waals surface area (Å²) in [5.41, 5.74) is 3.78. The van der Waals surface area contributed by atoms with Crippen molar-refractivity contribution in [2.45, 2.75) is 39.2 Å². The molecule has 36 heavy (non-hydrogen) atoms. The molecule has 0 bridgehead atoms. The lowest BCUT2D eigenvalue weighted by atomic mass is 10.0. The number of rotatable bonds is 9. The number of hydrogen-bond donors (Lipinski definition) is 0. The molecular formula is C28H29F2NO4S. The maximum atomic E-state index is 15.4. The second-order valence-corrected chi connectivity index (χ2v) is 12.2. The monoisotopic (exact) mass is 513 g/mol. The lowest BCUT2D eigenvalue weighted by Gasteiger charge is -2.14. The van der Waals surface area contributed by atoms with Gasteiger partial charge in [0.1, 0.15) is 33.8 Å². The smallest absolute Gasteiger partial charge is 0.213 e. The summed E-state index contributed by atoms with van der Waals surface area (Å²) in [5, 5.41) is 0. The highest BCUT2D eigenvalue weighted by Gasteiger charge is 2.52. The van der Waals surface area contributed by atoms with Crippen LogP contribution in [0.4, 0.5) is 8.78 Å². The molecule has 0 amide bonds. The summed E-state index contributed by atoms with van der Waals surface area (Å²) in [5.74, 6) is 1.74. The Kier molecular flexibility index (Phi) is 6.49. The van der Waals surface area contributed by atoms with E-state index in [0.29, 0.717) is 35.2 Å². The molecule has 3 atom stereocenters. The van der Waals surface area contributed by atoms with E-state index >= 15 is 4.39 Å². The van der Waals surface area contributed by atoms with E-state index in [4.69, 9.17) is 9.47 Å². The molecule has 1 saturated carbocycles. The predicted octanol–water partition coefficient (Wildman–Crippen LogP) is 5.63. The Morgan fingerprint density at radius 3 is 2.58 bits per heavy atom. The third kappa shape index (κ3) is 4.96. The van der Waals surface area contributed by atoms with Gasteiger partial charge in [0, 0.05) is 29.1 Å². The van der Waals surface area contributed by atoms with Crippen molar-refractivity contribution in [1.29, 1.82) is 0 Å². The van der Waals surface area contributed by atoms with Crippen molar-refractivity contribution >= 4 is 9.84 Å². The van der Waals surface area contributed by atoms with Crippen LogP contribution in [-0.2, 0) is 22.9 Å². The van der Waals surface area contributed by atoms with E-state index in [-0.39, 0.29) is 30.1 Å². The van der Waals surface area contributed by atoms with Crippen LogP contribution in [0.3, 0.4) is 0 Å². The first-order valence-corrected chi connectivity index (χ1v) is 14.2. The minimum Gasteiger partial charge on any atom is -0.489 e. The number of nitrogens with zero attached hydrogens (tertiary/aromatic N) is 1. The number of benzene rings is 2. The minimum atomic E-state index is -3.05. The van der Waals surface area contributed by atoms with E-state index in [1.54, 1.807) is 19.1 Å². The zero-order chi connectivity index (χ0) is 25.6. The maximum absolute atomic E-state index is 15.4. The van der Waals surface area contributed by atoms with Crippen LogP contribution in [0.15, 0.2) is 42.5 Å². The first-order chi connectivity index (χ1) is 17.1. The largest absolute Gasteiger partial charge is 0.489 e. The fourth-order valence-corrected chi connectivity index (χ4v) is 5.94. The predicted molar refractivity (Wildman–Crippen MR) is 134 cm³/mol. The summed E-state index contributed by atoms with van der Waals surface area (Å²) < 4.78 is 63.9. The van der Waals surface area contributed by atoms with E-state index in [2.05, 4.69) is 18.0 Å². The molecule has 5 nitrogen and oxygen atoms in total. The molecule has 190 valence electrons. The highest BCUT2D eigenvalue weighted by Crippen LogP contribution is 2.61. The van der Waals surface area contributed by atoms with Crippen LogP contribution in [0.5, 0.6) is 11.6 Å². The molecule has 2 aliphatic carbocycles. The Balaban J connectivity index is 1.29. The summed E-state index contributed by atoms with van der Waals surface area (Å²) in [4.78, 5) is 4.36. The number of fused-ring (bicyclic) bond motifs is 3. The van der Waals surface area contributed by atoms with Gasteiger partial charge in [0.25, 0.3) is 0 Å². The van der Waals surface area contributed by atoms with E-state index in [9.17, 15) is 12.8 Å². The molecule has 0 N–H and O–H groups in total. The molecule has 2 aliphatic rings. The lowest BCUT2D eigenvalue weighted by Crippen LogP contribution is -2.09. The van der Waals surface area contributed by atoms with Gasteiger partial charge in [0.05, 0.1) is 17.9 Å². The van der Waals surface area contributed by atoms with Gasteiger partial charge in [-0.25, -0.2) is 22.2 Å². The van der Waals surface area contributed by atoms with Crippen molar-refractivity contribution < 1.29 is 26.7 Å². The maximum Gasteiger partial charge on any atom is 0.213 e. The molecule has 1 fully saturated rings. The average Bonchev–Trinajstić information content (AvgIpc) is 3.27. The molecule has 0 aliphatic heterocycles. The molecule has 0 saturated heterocycles. The Morgan fingerprint density at radius 2 is 1.83 bits per heavy atom. The Hall–Kier alpha value is -3.00. The molecule has 8 heteroatoms. The fourth-order valence-electron chi connectivity index (χ4n) is 5.29. The first-order valence-electron chi connectivity index (χ1n) is 12.1. The second-order valence-electron chi connectivity index (χ2n) is 9.90. The Bertz CT molecular complexity index is 1420. The van der Waals surface area contributed by atoms with Gasteiger partial charge in [-0.15, -0.1) is 0 Å². The van der Waals surface area contributed by atoms with Crippen molar-refractivity contribution in [2.24, 2.45) is 11.8 Å². The minimum absolute atomic E-state index is 0.0292. The quantitative estimate of drug-likeness (QED) is 0.347. The highest BCUT2D eigenvalue weighted by atomic mass is 32.2. The van der Waals surface area contributed by atoms with Gasteiger partial charge in [0.2, 0.25) is 5.88 Å². The van der Waals surface area contributed by atoms with Gasteiger partial charge in [-0.1, -0.05) is 13.0 Å². The molecule has 0 radical (unpaired) electrons. The Morgan fingerprint density at radius 1 is 1.06 bits per heavy atom. The highest BCUT2D eigenvalue weighted by molar-refractivity contribution is 7.90. The number of ether oxygens (including phenoxy) is 2. The molecule has 0 unspecified atom stereocenters. The van der Waals surface area contributed by atoms with Crippen LogP contribution in [0.25, 0.3) is 11.1 Å². The third-order valence-electron chi connectivity index (χ3n) is 7.32. The van der Waals surface area contributed by atoms with Gasteiger partial charge in [-0.3, -0.25) is 0 Å². The zero-order valence-corrected chi connectivity index (χ0v) is 21.4. The first kappa shape index (κ1) is 24.7. The molecule has 0 spiro atoms. The van der Waals surface area contributed by atoms with Crippen molar-refractivity contribution in [3.05, 3.63) is 76.5 Å². The number of aryl methyl sites for hydroxylation is 1. The van der Waals surface area contributed by atoms with E-state index in [0.717, 1.165) is 18.3 Å². The summed E-state index contributed by atoms with van der Waals surface area (Å²) in [7, 11) is -3.05. The SMILES string of the molecule is Cc1nc(OCCCS(C)(=O)=O)ccc1-c1ccc(F)c(COc2ccc3c(c2)C[C@H]2[C@H](C)[C@@H]32)c1F. The number of sulfone groups is 1. The van der Waals surface area contributed by atoms with Gasteiger partial charge in [-0.2, -0.15) is 0 Å². The average molecular weight is 514 g/mol. The molecular weight excluding hydrogens is 484 g/mol. The van der Waals surface area contributed by atoms with E-state index in [1.807, 2.05) is 12.1 Å². The van der Waals surface area contributed by atoms with Crippen LogP contribution in [0, 0.1) is 30.4 Å². The zero-order valence-electron chi connectivity index (χ0n) is 20.6. The number of pyridine rings is 1. The van der Waals surface area contributed by atoms with Gasteiger partial charge < -0.3 is 9.47 Å². The molecule has 2 aromatic carbocycles. The van der Waals surface area contributed by atoms with Crippen LogP contribution in [0.1, 0.15) is 41.6 Å². The number of aromatic nitrogens is 1.